The zero-order valence-corrected chi connectivity index (χ0v) is 11.8. The Morgan fingerprint density at radius 3 is 2.70 bits per heavy atom. The molecule has 2 rings (SSSR count). The van der Waals surface area contributed by atoms with Crippen LogP contribution in [0.1, 0.15) is 23.2 Å². The molecule has 0 aliphatic carbocycles. The molecular weight excluding hydrogens is 254 g/mol. The maximum atomic E-state index is 11.6. The molecule has 20 heavy (non-hydrogen) atoms. The standard InChI is InChI=1S/C15H19N3O2/c1-11-6-12(2)8-14(7-11)18-15(19)20-5-3-4-13-9-16-10-17-13/h6-10H,3-5H2,1-2H3,(H,16,17)(H,18,19). The van der Waals surface area contributed by atoms with E-state index >= 15 is 0 Å². The average molecular weight is 273 g/mol. The maximum Gasteiger partial charge on any atom is 0.411 e. The summed E-state index contributed by atoms with van der Waals surface area (Å²) < 4.78 is 5.14. The number of benzene rings is 1. The van der Waals surface area contributed by atoms with Crippen LogP contribution in [0.2, 0.25) is 0 Å². The lowest BCUT2D eigenvalue weighted by Crippen LogP contribution is -2.14. The van der Waals surface area contributed by atoms with Crippen LogP contribution < -0.4 is 5.32 Å². The smallest absolute Gasteiger partial charge is 0.411 e. The molecule has 0 radical (unpaired) electrons. The Morgan fingerprint density at radius 2 is 2.05 bits per heavy atom. The van der Waals surface area contributed by atoms with Crippen molar-refractivity contribution < 1.29 is 9.53 Å². The van der Waals surface area contributed by atoms with Gasteiger partial charge in [-0.1, -0.05) is 6.07 Å². The molecule has 0 spiro atoms. The molecule has 1 aromatic carbocycles. The normalized spacial score (nSPS) is 10.3. The third kappa shape index (κ3) is 4.42. The number of ether oxygens (including phenoxy) is 1. The summed E-state index contributed by atoms with van der Waals surface area (Å²) in [5, 5.41) is 2.74. The number of aryl methyl sites for hydroxylation is 3. The largest absolute Gasteiger partial charge is 0.449 e. The van der Waals surface area contributed by atoms with E-state index in [0.29, 0.717) is 6.61 Å². The number of carbonyl (C=O) groups excluding carboxylic acids is 1. The summed E-state index contributed by atoms with van der Waals surface area (Å²) in [6.07, 6.45) is 4.58. The fourth-order valence-corrected chi connectivity index (χ4v) is 2.05. The molecule has 0 aliphatic rings. The molecule has 5 heteroatoms. The lowest BCUT2D eigenvalue weighted by molar-refractivity contribution is 0.160. The van der Waals surface area contributed by atoms with Crippen LogP contribution in [-0.4, -0.2) is 22.7 Å². The van der Waals surface area contributed by atoms with Crippen LogP contribution in [0.15, 0.2) is 30.7 Å². The molecule has 0 bridgehead atoms. The van der Waals surface area contributed by atoms with Gasteiger partial charge in [0.1, 0.15) is 0 Å². The Bertz CT molecular complexity index is 544. The van der Waals surface area contributed by atoms with Crippen molar-refractivity contribution in [1.29, 1.82) is 0 Å². The van der Waals surface area contributed by atoms with Gasteiger partial charge in [0, 0.05) is 17.6 Å². The first kappa shape index (κ1) is 14.1. The molecule has 5 nitrogen and oxygen atoms in total. The van der Waals surface area contributed by atoms with Crippen molar-refractivity contribution in [3.05, 3.63) is 47.5 Å². The van der Waals surface area contributed by atoms with Gasteiger partial charge in [-0.3, -0.25) is 5.32 Å². The second-order valence-corrected chi connectivity index (χ2v) is 4.82. The van der Waals surface area contributed by atoms with E-state index in [-0.39, 0.29) is 0 Å². The fraction of sp³-hybridized carbons (Fsp3) is 0.333. The quantitative estimate of drug-likeness (QED) is 0.822. The third-order valence-electron chi connectivity index (χ3n) is 2.85. The summed E-state index contributed by atoms with van der Waals surface area (Å²) in [6, 6.07) is 5.89. The molecule has 1 amide bonds. The van der Waals surface area contributed by atoms with Crippen molar-refractivity contribution in [2.24, 2.45) is 0 Å². The highest BCUT2D eigenvalue weighted by Crippen LogP contribution is 2.13. The molecule has 2 aromatic rings. The monoisotopic (exact) mass is 273 g/mol. The molecule has 1 heterocycles. The Morgan fingerprint density at radius 1 is 1.30 bits per heavy atom. The summed E-state index contributed by atoms with van der Waals surface area (Å²) >= 11 is 0. The van der Waals surface area contributed by atoms with E-state index in [2.05, 4.69) is 21.4 Å². The van der Waals surface area contributed by atoms with Gasteiger partial charge < -0.3 is 9.72 Å². The zero-order valence-electron chi connectivity index (χ0n) is 11.8. The summed E-state index contributed by atoms with van der Waals surface area (Å²) in [4.78, 5) is 18.6. The Labute approximate surface area is 118 Å². The number of imidazole rings is 1. The highest BCUT2D eigenvalue weighted by atomic mass is 16.5. The number of carbonyl (C=O) groups is 1. The molecule has 0 fully saturated rings. The van der Waals surface area contributed by atoms with Gasteiger partial charge in [-0.2, -0.15) is 0 Å². The van der Waals surface area contributed by atoms with Gasteiger partial charge in [0.2, 0.25) is 0 Å². The minimum Gasteiger partial charge on any atom is -0.449 e. The first-order valence-corrected chi connectivity index (χ1v) is 6.63. The minimum absolute atomic E-state index is 0.385. The number of hydrogen-bond acceptors (Lipinski definition) is 3. The van der Waals surface area contributed by atoms with E-state index in [1.54, 1.807) is 12.5 Å². The number of nitrogens with zero attached hydrogens (tertiary/aromatic N) is 1. The number of anilines is 1. The van der Waals surface area contributed by atoms with E-state index in [0.717, 1.165) is 35.3 Å². The first-order chi connectivity index (χ1) is 9.63. The van der Waals surface area contributed by atoms with Gasteiger partial charge in [0.15, 0.2) is 0 Å². The van der Waals surface area contributed by atoms with Crippen LogP contribution in [0.5, 0.6) is 0 Å². The van der Waals surface area contributed by atoms with Crippen LogP contribution in [-0.2, 0) is 11.2 Å². The Kier molecular flexibility index (Phi) is 4.76. The lowest BCUT2D eigenvalue weighted by atomic mass is 10.1. The number of H-pyrrole nitrogens is 1. The number of rotatable bonds is 5. The van der Waals surface area contributed by atoms with Crippen molar-refractivity contribution in [2.45, 2.75) is 26.7 Å². The van der Waals surface area contributed by atoms with E-state index in [4.69, 9.17) is 4.74 Å². The van der Waals surface area contributed by atoms with Crippen LogP contribution in [0, 0.1) is 13.8 Å². The van der Waals surface area contributed by atoms with Crippen molar-refractivity contribution >= 4 is 11.8 Å². The van der Waals surface area contributed by atoms with Crippen molar-refractivity contribution in [3.8, 4) is 0 Å². The van der Waals surface area contributed by atoms with E-state index in [1.165, 1.54) is 0 Å². The lowest BCUT2D eigenvalue weighted by Gasteiger charge is -2.08. The van der Waals surface area contributed by atoms with Gasteiger partial charge in [0.05, 0.1) is 12.9 Å². The number of hydrogen-bond donors (Lipinski definition) is 2. The number of aromatic amines is 1. The van der Waals surface area contributed by atoms with E-state index in [1.807, 2.05) is 26.0 Å². The molecular formula is C15H19N3O2. The number of nitrogens with one attached hydrogen (secondary N) is 2. The molecule has 106 valence electrons. The molecule has 0 saturated heterocycles. The van der Waals surface area contributed by atoms with Crippen molar-refractivity contribution in [1.82, 2.24) is 9.97 Å². The molecule has 2 N–H and O–H groups in total. The molecule has 0 saturated carbocycles. The highest BCUT2D eigenvalue weighted by molar-refractivity contribution is 5.84. The topological polar surface area (TPSA) is 67.0 Å². The van der Waals surface area contributed by atoms with Crippen LogP contribution in [0.25, 0.3) is 0 Å². The summed E-state index contributed by atoms with van der Waals surface area (Å²) in [6.45, 7) is 4.37. The fourth-order valence-electron chi connectivity index (χ4n) is 2.05. The molecule has 1 aromatic heterocycles. The highest BCUT2D eigenvalue weighted by Gasteiger charge is 2.04. The zero-order chi connectivity index (χ0) is 14.4. The van der Waals surface area contributed by atoms with Crippen LogP contribution in [0.4, 0.5) is 10.5 Å². The SMILES string of the molecule is Cc1cc(C)cc(NC(=O)OCCCc2cnc[nH]2)c1. The molecule has 0 aliphatic heterocycles. The maximum absolute atomic E-state index is 11.6. The second-order valence-electron chi connectivity index (χ2n) is 4.82. The van der Waals surface area contributed by atoms with Gasteiger partial charge in [-0.15, -0.1) is 0 Å². The van der Waals surface area contributed by atoms with E-state index in [9.17, 15) is 4.79 Å². The van der Waals surface area contributed by atoms with Crippen molar-refractivity contribution in [2.75, 3.05) is 11.9 Å². The summed E-state index contributed by atoms with van der Waals surface area (Å²) in [5.41, 5.74) is 4.03. The number of amides is 1. The number of aromatic nitrogens is 2. The summed E-state index contributed by atoms with van der Waals surface area (Å²) in [7, 11) is 0. The summed E-state index contributed by atoms with van der Waals surface area (Å²) in [5.74, 6) is 0. The van der Waals surface area contributed by atoms with Crippen molar-refractivity contribution in [3.63, 3.8) is 0 Å². The van der Waals surface area contributed by atoms with Gasteiger partial charge in [-0.25, -0.2) is 9.78 Å². The van der Waals surface area contributed by atoms with Crippen LogP contribution in [0.3, 0.4) is 0 Å². The van der Waals surface area contributed by atoms with Crippen LogP contribution >= 0.6 is 0 Å². The Hall–Kier alpha value is -2.30. The Balaban J connectivity index is 1.72. The molecule has 0 unspecified atom stereocenters. The molecule has 0 atom stereocenters. The predicted octanol–water partition coefficient (Wildman–Crippen LogP) is 3.21. The van der Waals surface area contributed by atoms with E-state index < -0.39 is 6.09 Å². The van der Waals surface area contributed by atoms with Gasteiger partial charge in [-0.05, 0) is 49.9 Å². The third-order valence-corrected chi connectivity index (χ3v) is 2.85. The first-order valence-electron chi connectivity index (χ1n) is 6.63. The second kappa shape index (κ2) is 6.75. The van der Waals surface area contributed by atoms with Gasteiger partial charge in [0.25, 0.3) is 0 Å². The predicted molar refractivity (Wildman–Crippen MR) is 77.8 cm³/mol. The minimum atomic E-state index is -0.417. The average Bonchev–Trinajstić information content (AvgIpc) is 2.86. The van der Waals surface area contributed by atoms with Gasteiger partial charge >= 0.3 is 6.09 Å².